The predicted molar refractivity (Wildman–Crippen MR) is 93.4 cm³/mol. The van der Waals surface area contributed by atoms with Crippen LogP contribution in [-0.2, 0) is 0 Å². The molecule has 1 N–H and O–H groups in total. The monoisotopic (exact) mass is 292 g/mol. The maximum absolute atomic E-state index is 4.53. The molecule has 0 aliphatic heterocycles. The second-order valence-electron chi connectivity index (χ2n) is 5.16. The van der Waals surface area contributed by atoms with Crippen LogP contribution < -0.4 is 4.90 Å². The van der Waals surface area contributed by atoms with Crippen LogP contribution in [0.25, 0.3) is 10.9 Å². The largest absolute Gasteiger partial charge is 0.372 e. The molecule has 0 fully saturated rings. The molecule has 0 saturated carbocycles. The third-order valence-corrected chi connectivity index (χ3v) is 3.81. The molecule has 4 nitrogen and oxygen atoms in total. The second-order valence-corrected chi connectivity index (χ2v) is 5.16. The molecule has 0 aliphatic rings. The molecule has 22 heavy (non-hydrogen) atoms. The number of hydrogen-bond donors (Lipinski definition) is 1. The molecule has 0 amide bonds. The Morgan fingerprint density at radius 1 is 1.09 bits per heavy atom. The van der Waals surface area contributed by atoms with Crippen LogP contribution in [0.1, 0.15) is 19.4 Å². The molecule has 2 aromatic carbocycles. The first-order valence-electron chi connectivity index (χ1n) is 7.62. The molecule has 1 heterocycles. The number of aromatic nitrogens is 2. The van der Waals surface area contributed by atoms with Gasteiger partial charge in [0, 0.05) is 30.4 Å². The van der Waals surface area contributed by atoms with Gasteiger partial charge in [-0.15, -0.1) is 0 Å². The van der Waals surface area contributed by atoms with Gasteiger partial charge in [-0.3, -0.25) is 10.1 Å². The molecule has 0 saturated heterocycles. The van der Waals surface area contributed by atoms with Crippen LogP contribution in [0.2, 0.25) is 0 Å². The summed E-state index contributed by atoms with van der Waals surface area (Å²) in [5.41, 5.74) is 4.28. The van der Waals surface area contributed by atoms with Gasteiger partial charge in [-0.1, -0.05) is 12.1 Å². The van der Waals surface area contributed by atoms with Crippen LogP contribution in [0.3, 0.4) is 0 Å². The number of fused-ring (bicyclic) bond motifs is 1. The lowest BCUT2D eigenvalue weighted by Crippen LogP contribution is -2.21. The van der Waals surface area contributed by atoms with E-state index in [1.807, 2.05) is 30.6 Å². The molecule has 0 aliphatic carbocycles. The molecule has 112 valence electrons. The topological polar surface area (TPSA) is 44.3 Å². The number of benzene rings is 2. The van der Waals surface area contributed by atoms with Gasteiger partial charge in [0.05, 0.1) is 17.4 Å². The molecule has 1 aromatic heterocycles. The maximum Gasteiger partial charge on any atom is 0.0671 e. The standard InChI is InChI=1S/C18H20N4/c1-3-22(4-2)17-9-5-14(6-10-17)12-19-16-8-7-15-13-20-21-18(15)11-16/h5-13H,3-4H2,1-2H3,(H,20,21). The Morgan fingerprint density at radius 2 is 1.86 bits per heavy atom. The van der Waals surface area contributed by atoms with E-state index in [1.54, 1.807) is 0 Å². The highest BCUT2D eigenvalue weighted by Crippen LogP contribution is 2.19. The molecule has 0 unspecified atom stereocenters. The number of rotatable bonds is 5. The minimum Gasteiger partial charge on any atom is -0.372 e. The van der Waals surface area contributed by atoms with Crippen LogP contribution in [0.15, 0.2) is 53.7 Å². The van der Waals surface area contributed by atoms with Gasteiger partial charge in [0.2, 0.25) is 0 Å². The lowest BCUT2D eigenvalue weighted by molar-refractivity contribution is 0.866. The fourth-order valence-electron chi connectivity index (χ4n) is 2.51. The van der Waals surface area contributed by atoms with Crippen LogP contribution in [0.4, 0.5) is 11.4 Å². The normalized spacial score (nSPS) is 11.4. The van der Waals surface area contributed by atoms with Crippen molar-refractivity contribution in [3.63, 3.8) is 0 Å². The highest BCUT2D eigenvalue weighted by molar-refractivity contribution is 5.85. The van der Waals surface area contributed by atoms with E-state index < -0.39 is 0 Å². The smallest absolute Gasteiger partial charge is 0.0671 e. The summed E-state index contributed by atoms with van der Waals surface area (Å²) in [7, 11) is 0. The van der Waals surface area contributed by atoms with Crippen LogP contribution in [0.5, 0.6) is 0 Å². The van der Waals surface area contributed by atoms with Crippen molar-refractivity contribution in [1.29, 1.82) is 0 Å². The predicted octanol–water partition coefficient (Wildman–Crippen LogP) is 4.16. The lowest BCUT2D eigenvalue weighted by atomic mass is 10.2. The van der Waals surface area contributed by atoms with Crippen LogP contribution in [0, 0.1) is 0 Å². The van der Waals surface area contributed by atoms with Crippen molar-refractivity contribution in [2.75, 3.05) is 18.0 Å². The quantitative estimate of drug-likeness (QED) is 0.718. The Hall–Kier alpha value is -2.62. The van der Waals surface area contributed by atoms with E-state index in [4.69, 9.17) is 0 Å². The fraction of sp³-hybridized carbons (Fsp3) is 0.222. The highest BCUT2D eigenvalue weighted by atomic mass is 15.1. The van der Waals surface area contributed by atoms with E-state index in [0.717, 1.165) is 35.2 Å². The number of aliphatic imine (C=N–C) groups is 1. The summed E-state index contributed by atoms with van der Waals surface area (Å²) in [6.45, 7) is 6.39. The number of nitrogens with one attached hydrogen (secondary N) is 1. The second kappa shape index (κ2) is 6.43. The zero-order chi connectivity index (χ0) is 15.4. The number of aromatic amines is 1. The van der Waals surface area contributed by atoms with Gasteiger partial charge in [0.15, 0.2) is 0 Å². The van der Waals surface area contributed by atoms with Crippen molar-refractivity contribution in [2.24, 2.45) is 4.99 Å². The molecule has 4 heteroatoms. The van der Waals surface area contributed by atoms with Gasteiger partial charge >= 0.3 is 0 Å². The SMILES string of the molecule is CCN(CC)c1ccc(C=Nc2ccc3cn[nH]c3c2)cc1. The van der Waals surface area contributed by atoms with Crippen molar-refractivity contribution in [3.8, 4) is 0 Å². The fourth-order valence-corrected chi connectivity index (χ4v) is 2.51. The van der Waals surface area contributed by atoms with Crippen molar-refractivity contribution in [2.45, 2.75) is 13.8 Å². The number of nitrogens with zero attached hydrogens (tertiary/aromatic N) is 3. The van der Waals surface area contributed by atoms with E-state index in [9.17, 15) is 0 Å². The summed E-state index contributed by atoms with van der Waals surface area (Å²) < 4.78 is 0. The van der Waals surface area contributed by atoms with Gasteiger partial charge < -0.3 is 4.90 Å². The van der Waals surface area contributed by atoms with Gasteiger partial charge in [-0.25, -0.2) is 0 Å². The summed E-state index contributed by atoms with van der Waals surface area (Å²) in [5, 5.41) is 8.08. The Labute approximate surface area is 130 Å². The molecule has 0 atom stereocenters. The van der Waals surface area contributed by atoms with E-state index in [1.165, 1.54) is 5.69 Å². The van der Waals surface area contributed by atoms with E-state index in [2.05, 4.69) is 58.2 Å². The van der Waals surface area contributed by atoms with Crippen LogP contribution in [-0.4, -0.2) is 29.5 Å². The van der Waals surface area contributed by atoms with Crippen LogP contribution >= 0.6 is 0 Å². The summed E-state index contributed by atoms with van der Waals surface area (Å²) in [5.74, 6) is 0. The number of anilines is 1. The van der Waals surface area contributed by atoms with Crippen molar-refractivity contribution in [3.05, 3.63) is 54.2 Å². The molecule has 0 spiro atoms. The maximum atomic E-state index is 4.53. The molecular formula is C18H20N4. The Balaban J connectivity index is 1.77. The molecule has 0 radical (unpaired) electrons. The van der Waals surface area contributed by atoms with E-state index in [0.29, 0.717) is 0 Å². The molecule has 3 rings (SSSR count). The average Bonchev–Trinajstić information content (AvgIpc) is 3.03. The first kappa shape index (κ1) is 14.3. The first-order valence-corrected chi connectivity index (χ1v) is 7.62. The van der Waals surface area contributed by atoms with E-state index >= 15 is 0 Å². The average molecular weight is 292 g/mol. The molecule has 3 aromatic rings. The van der Waals surface area contributed by atoms with Gasteiger partial charge in [-0.05, 0) is 49.7 Å². The minimum absolute atomic E-state index is 0.921. The third-order valence-electron chi connectivity index (χ3n) is 3.81. The van der Waals surface area contributed by atoms with Crippen molar-refractivity contribution < 1.29 is 0 Å². The summed E-state index contributed by atoms with van der Waals surface area (Å²) in [6.07, 6.45) is 3.71. The molecule has 0 bridgehead atoms. The summed E-state index contributed by atoms with van der Waals surface area (Å²) >= 11 is 0. The van der Waals surface area contributed by atoms with Crippen molar-refractivity contribution in [1.82, 2.24) is 10.2 Å². The van der Waals surface area contributed by atoms with Gasteiger partial charge in [-0.2, -0.15) is 5.10 Å². The Morgan fingerprint density at radius 3 is 2.59 bits per heavy atom. The zero-order valence-corrected chi connectivity index (χ0v) is 13.0. The number of hydrogen-bond acceptors (Lipinski definition) is 3. The van der Waals surface area contributed by atoms with Crippen molar-refractivity contribution >= 4 is 28.5 Å². The number of H-pyrrole nitrogens is 1. The third kappa shape index (κ3) is 3.01. The van der Waals surface area contributed by atoms with Gasteiger partial charge in [0.1, 0.15) is 0 Å². The summed E-state index contributed by atoms with van der Waals surface area (Å²) in [4.78, 5) is 6.86. The Bertz CT molecular complexity index is 767. The highest BCUT2D eigenvalue weighted by Gasteiger charge is 2.00. The Kier molecular flexibility index (Phi) is 4.19. The first-order chi connectivity index (χ1) is 10.8. The zero-order valence-electron chi connectivity index (χ0n) is 13.0. The minimum atomic E-state index is 0.921. The summed E-state index contributed by atoms with van der Waals surface area (Å²) in [6, 6.07) is 14.5. The molecular weight excluding hydrogens is 272 g/mol. The van der Waals surface area contributed by atoms with E-state index in [-0.39, 0.29) is 0 Å². The van der Waals surface area contributed by atoms with Gasteiger partial charge in [0.25, 0.3) is 0 Å². The lowest BCUT2D eigenvalue weighted by Gasteiger charge is -2.20.